The van der Waals surface area contributed by atoms with Crippen molar-refractivity contribution in [2.75, 3.05) is 13.1 Å². The van der Waals surface area contributed by atoms with Gasteiger partial charge in [0, 0.05) is 19.1 Å². The average molecular weight is 241 g/mol. The van der Waals surface area contributed by atoms with Crippen LogP contribution in [0.2, 0.25) is 0 Å². The van der Waals surface area contributed by atoms with Crippen molar-refractivity contribution in [3.8, 4) is 0 Å². The predicted molar refractivity (Wildman–Crippen MR) is 66.2 cm³/mol. The van der Waals surface area contributed by atoms with Crippen LogP contribution in [0.1, 0.15) is 39.5 Å². The molecule has 0 saturated heterocycles. The molecule has 98 valence electrons. The summed E-state index contributed by atoms with van der Waals surface area (Å²) in [7, 11) is 0. The van der Waals surface area contributed by atoms with Gasteiger partial charge in [0.15, 0.2) is 0 Å². The molecule has 0 aromatic heterocycles. The third-order valence-electron chi connectivity index (χ3n) is 3.18. The Morgan fingerprint density at radius 1 is 1.35 bits per heavy atom. The van der Waals surface area contributed by atoms with E-state index in [1.807, 2.05) is 0 Å². The molecule has 17 heavy (non-hydrogen) atoms. The second-order valence-electron chi connectivity index (χ2n) is 5.48. The van der Waals surface area contributed by atoms with Crippen LogP contribution in [0.25, 0.3) is 0 Å². The number of carbonyl (C=O) groups is 2. The molecule has 1 fully saturated rings. The lowest BCUT2D eigenvalue weighted by atomic mass is 9.75. The second-order valence-corrected chi connectivity index (χ2v) is 5.48. The summed E-state index contributed by atoms with van der Waals surface area (Å²) < 4.78 is 0. The molecule has 1 saturated carbocycles. The average Bonchev–Trinajstić information content (AvgIpc) is 2.24. The fraction of sp³-hybridized carbons (Fsp3) is 0.833. The van der Waals surface area contributed by atoms with Crippen molar-refractivity contribution in [2.24, 2.45) is 11.1 Å². The number of hydrogen-bond acceptors (Lipinski definition) is 3. The van der Waals surface area contributed by atoms with Crippen molar-refractivity contribution < 1.29 is 9.59 Å². The van der Waals surface area contributed by atoms with Crippen molar-refractivity contribution in [2.45, 2.75) is 45.6 Å². The zero-order valence-corrected chi connectivity index (χ0v) is 10.7. The molecule has 2 amide bonds. The highest BCUT2D eigenvalue weighted by Crippen LogP contribution is 2.34. The summed E-state index contributed by atoms with van der Waals surface area (Å²) in [5, 5.41) is 5.26. The van der Waals surface area contributed by atoms with Crippen LogP contribution in [-0.4, -0.2) is 30.9 Å². The molecule has 0 heterocycles. The molecule has 5 heteroatoms. The molecule has 1 aliphatic carbocycles. The minimum absolute atomic E-state index is 0.120. The van der Waals surface area contributed by atoms with Crippen molar-refractivity contribution in [3.63, 3.8) is 0 Å². The molecule has 0 aromatic rings. The molecule has 0 radical (unpaired) electrons. The Balaban J connectivity index is 2.38. The third-order valence-corrected chi connectivity index (χ3v) is 3.18. The summed E-state index contributed by atoms with van der Waals surface area (Å²) >= 11 is 0. The summed E-state index contributed by atoms with van der Waals surface area (Å²) in [6, 6.07) is 0.120. The third kappa shape index (κ3) is 4.73. The highest BCUT2D eigenvalue weighted by molar-refractivity contribution is 6.35. The van der Waals surface area contributed by atoms with E-state index < -0.39 is 11.8 Å². The summed E-state index contributed by atoms with van der Waals surface area (Å²) in [4.78, 5) is 22.9. The van der Waals surface area contributed by atoms with E-state index >= 15 is 0 Å². The molecule has 5 nitrogen and oxygen atoms in total. The SMILES string of the molecule is CC1(C)CCCC(NC(=O)C(=O)NCCN)C1. The van der Waals surface area contributed by atoms with Gasteiger partial charge in [-0.05, 0) is 24.7 Å². The van der Waals surface area contributed by atoms with Crippen molar-refractivity contribution in [1.82, 2.24) is 10.6 Å². The first-order chi connectivity index (χ1) is 7.94. The number of nitrogens with two attached hydrogens (primary N) is 1. The molecular weight excluding hydrogens is 218 g/mol. The Labute approximate surface area is 103 Å². The Bertz CT molecular complexity index is 289. The quantitative estimate of drug-likeness (QED) is 0.615. The minimum Gasteiger partial charge on any atom is -0.347 e. The molecule has 0 spiro atoms. The van der Waals surface area contributed by atoms with Gasteiger partial charge >= 0.3 is 11.8 Å². The number of hydrogen-bond donors (Lipinski definition) is 3. The van der Waals surface area contributed by atoms with Crippen molar-refractivity contribution >= 4 is 11.8 Å². The predicted octanol–water partition coefficient (Wildman–Crippen LogP) is 0.146. The van der Waals surface area contributed by atoms with E-state index in [0.717, 1.165) is 19.3 Å². The van der Waals surface area contributed by atoms with E-state index in [1.165, 1.54) is 6.42 Å². The molecule has 1 unspecified atom stereocenters. The van der Waals surface area contributed by atoms with Gasteiger partial charge in [-0.1, -0.05) is 20.3 Å². The Morgan fingerprint density at radius 3 is 2.65 bits per heavy atom. The lowest BCUT2D eigenvalue weighted by Gasteiger charge is -2.35. The number of amides is 2. The summed E-state index contributed by atoms with van der Waals surface area (Å²) in [6.07, 6.45) is 4.17. The highest BCUT2D eigenvalue weighted by Gasteiger charge is 2.29. The lowest BCUT2D eigenvalue weighted by Crippen LogP contribution is -2.47. The van der Waals surface area contributed by atoms with Crippen LogP contribution in [0.5, 0.6) is 0 Å². The fourth-order valence-electron chi connectivity index (χ4n) is 2.34. The van der Waals surface area contributed by atoms with E-state index in [0.29, 0.717) is 13.1 Å². The summed E-state index contributed by atoms with van der Waals surface area (Å²) in [6.45, 7) is 5.07. The first kappa shape index (κ1) is 14.0. The van der Waals surface area contributed by atoms with E-state index in [4.69, 9.17) is 5.73 Å². The van der Waals surface area contributed by atoms with Crippen LogP contribution < -0.4 is 16.4 Å². The minimum atomic E-state index is -0.584. The maximum Gasteiger partial charge on any atom is 0.309 e. The Kier molecular flexibility index (Phi) is 4.93. The van der Waals surface area contributed by atoms with E-state index in [9.17, 15) is 9.59 Å². The van der Waals surface area contributed by atoms with Gasteiger partial charge in [0.1, 0.15) is 0 Å². The molecule has 1 aliphatic rings. The van der Waals surface area contributed by atoms with Gasteiger partial charge in [-0.15, -0.1) is 0 Å². The number of rotatable bonds is 3. The van der Waals surface area contributed by atoms with Crippen LogP contribution in [0.15, 0.2) is 0 Å². The maximum atomic E-state index is 11.6. The number of nitrogens with one attached hydrogen (secondary N) is 2. The zero-order chi connectivity index (χ0) is 12.9. The molecule has 0 bridgehead atoms. The van der Waals surface area contributed by atoms with Crippen LogP contribution in [0.3, 0.4) is 0 Å². The molecule has 0 aliphatic heterocycles. The van der Waals surface area contributed by atoms with E-state index in [2.05, 4.69) is 24.5 Å². The monoisotopic (exact) mass is 241 g/mol. The molecule has 1 rings (SSSR count). The molecule has 1 atom stereocenters. The fourth-order valence-corrected chi connectivity index (χ4v) is 2.34. The Morgan fingerprint density at radius 2 is 2.06 bits per heavy atom. The maximum absolute atomic E-state index is 11.6. The van der Waals surface area contributed by atoms with Crippen LogP contribution >= 0.6 is 0 Å². The van der Waals surface area contributed by atoms with E-state index in [-0.39, 0.29) is 11.5 Å². The zero-order valence-electron chi connectivity index (χ0n) is 10.7. The lowest BCUT2D eigenvalue weighted by molar-refractivity contribution is -0.139. The van der Waals surface area contributed by atoms with E-state index in [1.54, 1.807) is 0 Å². The van der Waals surface area contributed by atoms with Gasteiger partial charge < -0.3 is 16.4 Å². The first-order valence-electron chi connectivity index (χ1n) is 6.23. The van der Waals surface area contributed by atoms with Crippen molar-refractivity contribution in [3.05, 3.63) is 0 Å². The largest absolute Gasteiger partial charge is 0.347 e. The second kappa shape index (κ2) is 6.00. The summed E-state index contributed by atoms with van der Waals surface area (Å²) in [5.41, 5.74) is 5.50. The van der Waals surface area contributed by atoms with Gasteiger partial charge in [-0.2, -0.15) is 0 Å². The van der Waals surface area contributed by atoms with Gasteiger partial charge in [-0.3, -0.25) is 9.59 Å². The smallest absolute Gasteiger partial charge is 0.309 e. The first-order valence-corrected chi connectivity index (χ1v) is 6.23. The van der Waals surface area contributed by atoms with Gasteiger partial charge in [0.05, 0.1) is 0 Å². The van der Waals surface area contributed by atoms with Gasteiger partial charge in [0.2, 0.25) is 0 Å². The molecule has 0 aromatic carbocycles. The molecule has 4 N–H and O–H groups in total. The summed E-state index contributed by atoms with van der Waals surface area (Å²) in [5.74, 6) is -1.13. The topological polar surface area (TPSA) is 84.2 Å². The van der Waals surface area contributed by atoms with Crippen LogP contribution in [-0.2, 0) is 9.59 Å². The highest BCUT2D eigenvalue weighted by atomic mass is 16.2. The normalized spacial score (nSPS) is 22.9. The Hall–Kier alpha value is -1.10. The van der Waals surface area contributed by atoms with Gasteiger partial charge in [0.25, 0.3) is 0 Å². The van der Waals surface area contributed by atoms with Gasteiger partial charge in [-0.25, -0.2) is 0 Å². The van der Waals surface area contributed by atoms with Crippen LogP contribution in [0.4, 0.5) is 0 Å². The standard InChI is InChI=1S/C12H23N3O2/c1-12(2)5-3-4-9(8-12)15-11(17)10(16)14-7-6-13/h9H,3-8,13H2,1-2H3,(H,14,16)(H,15,17). The van der Waals surface area contributed by atoms with Crippen LogP contribution in [0, 0.1) is 5.41 Å². The van der Waals surface area contributed by atoms with Crippen molar-refractivity contribution in [1.29, 1.82) is 0 Å². The number of carbonyl (C=O) groups excluding carboxylic acids is 2. The molecular formula is C12H23N3O2.